The minimum atomic E-state index is -1.11. The molecule has 0 saturated carbocycles. The number of nitrogens with zero attached hydrogens (tertiary/aromatic N) is 2. The number of carbonyl (C=O) groups is 4. The third-order valence-electron chi connectivity index (χ3n) is 8.04. The molecule has 6 atom stereocenters. The number of rotatable bonds is 17. The zero-order chi connectivity index (χ0) is 28.6. The van der Waals surface area contributed by atoms with Gasteiger partial charge in [0.2, 0.25) is 17.7 Å². The van der Waals surface area contributed by atoms with E-state index in [2.05, 4.69) is 25.4 Å². The number of esters is 1. The largest absolute Gasteiger partial charge is 0.460 e. The molecule has 3 amide bonds. The van der Waals surface area contributed by atoms with Crippen molar-refractivity contribution >= 4 is 23.7 Å². The van der Waals surface area contributed by atoms with Gasteiger partial charge in [0.15, 0.2) is 0 Å². The van der Waals surface area contributed by atoms with E-state index in [4.69, 9.17) is 9.47 Å². The van der Waals surface area contributed by atoms with Crippen molar-refractivity contribution in [2.24, 2.45) is 11.8 Å². The molecule has 2 bridgehead atoms. The predicted molar refractivity (Wildman–Crippen MR) is 145 cm³/mol. The van der Waals surface area contributed by atoms with Gasteiger partial charge in [-0.3, -0.25) is 19.2 Å². The molecule has 3 heterocycles. The summed E-state index contributed by atoms with van der Waals surface area (Å²) in [5, 5.41) is 12.2. The molecule has 3 aliphatic rings. The summed E-state index contributed by atoms with van der Waals surface area (Å²) in [6.07, 6.45) is 7.29. The van der Waals surface area contributed by atoms with Gasteiger partial charge >= 0.3 is 5.97 Å². The van der Waals surface area contributed by atoms with Crippen molar-refractivity contribution in [2.75, 3.05) is 32.8 Å². The third-order valence-corrected chi connectivity index (χ3v) is 8.04. The van der Waals surface area contributed by atoms with Crippen LogP contribution in [0.1, 0.15) is 65.2 Å². The van der Waals surface area contributed by atoms with Crippen LogP contribution < -0.4 is 5.32 Å². The predicted octanol–water partition coefficient (Wildman–Crippen LogP) is 1.96. The van der Waals surface area contributed by atoms with Crippen LogP contribution in [0.15, 0.2) is 25.3 Å². The summed E-state index contributed by atoms with van der Waals surface area (Å²) >= 11 is 0. The van der Waals surface area contributed by atoms with Crippen molar-refractivity contribution in [1.29, 1.82) is 0 Å². The number of nitrogens with one attached hydrogen (secondary N) is 1. The Morgan fingerprint density at radius 2 is 2.05 bits per heavy atom. The van der Waals surface area contributed by atoms with Crippen molar-refractivity contribution in [3.63, 3.8) is 0 Å². The van der Waals surface area contributed by atoms with E-state index in [-0.39, 0.29) is 37.4 Å². The lowest BCUT2D eigenvalue weighted by Crippen LogP contribution is -2.56. The number of likely N-dealkylation sites (tertiary alicyclic amines) is 1. The fourth-order valence-electron chi connectivity index (χ4n) is 6.25. The summed E-state index contributed by atoms with van der Waals surface area (Å²) < 4.78 is 12.1. The van der Waals surface area contributed by atoms with E-state index >= 15 is 0 Å². The standard InChI is InChI=1S/C29H45N3O7/c1-5-8-10-16-31(15-7-3)27(36)25-29-14-13-21(39-29)23(24(29)26(35)32(25)17-11-18-33)28(37)38-20(4)19-30-22(34)12-9-6-2/h6-7,20-21,23-25,33H,2-3,5,8-19H2,1,4H3,(H,30,34)/t20-,21-,23+,24+,25-,29+/m0/s1. The quantitative estimate of drug-likeness (QED) is 0.162. The number of carbonyl (C=O) groups excluding carboxylic acids is 4. The number of unbranched alkanes of at least 4 members (excludes halogenated alkanes) is 2. The first-order valence-electron chi connectivity index (χ1n) is 14.3. The van der Waals surface area contributed by atoms with Crippen molar-refractivity contribution in [3.8, 4) is 0 Å². The SMILES string of the molecule is C=CCCC(=O)NC[C@H](C)OC(=O)[C@@H]1[C@@H]2CC[C@]3(O2)[C@H](C(=O)N(CC=C)CCCCC)N(CCCO)C(=O)[C@@H]13. The molecule has 218 valence electrons. The van der Waals surface area contributed by atoms with Gasteiger partial charge in [-0.15, -0.1) is 13.2 Å². The molecule has 0 aliphatic carbocycles. The first kappa shape index (κ1) is 30.8. The summed E-state index contributed by atoms with van der Waals surface area (Å²) in [6.45, 7) is 12.3. The molecule has 3 aliphatic heterocycles. The van der Waals surface area contributed by atoms with Crippen molar-refractivity contribution in [3.05, 3.63) is 25.3 Å². The molecule has 3 saturated heterocycles. The number of aliphatic hydroxyl groups is 1. The molecule has 1 spiro atoms. The highest BCUT2D eigenvalue weighted by Gasteiger charge is 2.75. The highest BCUT2D eigenvalue weighted by atomic mass is 16.6. The first-order chi connectivity index (χ1) is 18.7. The summed E-state index contributed by atoms with van der Waals surface area (Å²) in [5.74, 6) is -2.86. The molecule has 3 fully saturated rings. The maximum atomic E-state index is 14.0. The Balaban J connectivity index is 1.80. The van der Waals surface area contributed by atoms with Crippen LogP contribution in [0.4, 0.5) is 0 Å². The minimum absolute atomic E-state index is 0.125. The molecule has 3 rings (SSSR count). The average molecular weight is 548 g/mol. The summed E-state index contributed by atoms with van der Waals surface area (Å²) in [7, 11) is 0. The molecule has 0 unspecified atom stereocenters. The number of aliphatic hydroxyl groups excluding tert-OH is 1. The lowest BCUT2D eigenvalue weighted by atomic mass is 9.70. The van der Waals surface area contributed by atoms with E-state index in [0.717, 1.165) is 19.3 Å². The maximum absolute atomic E-state index is 14.0. The topological polar surface area (TPSA) is 125 Å². The molecule has 39 heavy (non-hydrogen) atoms. The van der Waals surface area contributed by atoms with Crippen LogP contribution in [-0.4, -0.2) is 95.2 Å². The number of amides is 3. The molecule has 0 aromatic heterocycles. The van der Waals surface area contributed by atoms with E-state index < -0.39 is 41.7 Å². The summed E-state index contributed by atoms with van der Waals surface area (Å²) in [6, 6.07) is -0.868. The van der Waals surface area contributed by atoms with Crippen LogP contribution in [0.5, 0.6) is 0 Å². The smallest absolute Gasteiger partial charge is 0.312 e. The number of hydrogen-bond acceptors (Lipinski definition) is 7. The molecule has 10 nitrogen and oxygen atoms in total. The number of fused-ring (bicyclic) bond motifs is 1. The van der Waals surface area contributed by atoms with Gasteiger partial charge in [0.05, 0.1) is 24.5 Å². The molecule has 0 radical (unpaired) electrons. The molecule has 0 aromatic carbocycles. The monoisotopic (exact) mass is 547 g/mol. The Morgan fingerprint density at radius 1 is 1.28 bits per heavy atom. The first-order valence-corrected chi connectivity index (χ1v) is 14.3. The van der Waals surface area contributed by atoms with Crippen LogP contribution in [0.3, 0.4) is 0 Å². The zero-order valence-electron chi connectivity index (χ0n) is 23.4. The van der Waals surface area contributed by atoms with Crippen LogP contribution >= 0.6 is 0 Å². The van der Waals surface area contributed by atoms with E-state index in [0.29, 0.717) is 45.2 Å². The number of ether oxygens (including phenoxy) is 2. The van der Waals surface area contributed by atoms with Crippen LogP contribution in [0.2, 0.25) is 0 Å². The lowest BCUT2D eigenvalue weighted by molar-refractivity contribution is -0.159. The molecule has 2 N–H and O–H groups in total. The molecular formula is C29H45N3O7. The second-order valence-electron chi connectivity index (χ2n) is 10.8. The van der Waals surface area contributed by atoms with Crippen LogP contribution in [0, 0.1) is 11.8 Å². The Morgan fingerprint density at radius 3 is 2.72 bits per heavy atom. The number of hydrogen-bond donors (Lipinski definition) is 2. The molecule has 0 aromatic rings. The van der Waals surface area contributed by atoms with E-state index in [1.807, 2.05) is 0 Å². The van der Waals surface area contributed by atoms with Crippen LogP contribution in [0.25, 0.3) is 0 Å². The normalized spacial score (nSPS) is 27.7. The van der Waals surface area contributed by atoms with E-state index in [1.165, 1.54) is 4.90 Å². The lowest BCUT2D eigenvalue weighted by Gasteiger charge is -2.36. The Bertz CT molecular complexity index is 925. The summed E-state index contributed by atoms with van der Waals surface area (Å²) in [5.41, 5.74) is -1.11. The Kier molecular flexibility index (Phi) is 11.1. The van der Waals surface area contributed by atoms with E-state index in [9.17, 15) is 24.3 Å². The third kappa shape index (κ3) is 6.54. The summed E-state index contributed by atoms with van der Waals surface area (Å²) in [4.78, 5) is 56.5. The van der Waals surface area contributed by atoms with Gasteiger partial charge in [-0.05, 0) is 39.0 Å². The van der Waals surface area contributed by atoms with Gasteiger partial charge in [0.25, 0.3) is 0 Å². The maximum Gasteiger partial charge on any atom is 0.312 e. The van der Waals surface area contributed by atoms with Crippen LogP contribution in [-0.2, 0) is 28.7 Å². The van der Waals surface area contributed by atoms with Gasteiger partial charge in [-0.25, -0.2) is 0 Å². The van der Waals surface area contributed by atoms with Gasteiger partial charge < -0.3 is 29.7 Å². The highest BCUT2D eigenvalue weighted by Crippen LogP contribution is 2.58. The second kappa shape index (κ2) is 14.1. The molecular weight excluding hydrogens is 502 g/mol. The second-order valence-corrected chi connectivity index (χ2v) is 10.8. The average Bonchev–Trinajstić information content (AvgIpc) is 3.56. The van der Waals surface area contributed by atoms with Crippen molar-refractivity contribution in [2.45, 2.75) is 89.1 Å². The zero-order valence-corrected chi connectivity index (χ0v) is 23.4. The van der Waals surface area contributed by atoms with E-state index in [1.54, 1.807) is 24.0 Å². The number of allylic oxidation sites excluding steroid dienone is 1. The molecule has 10 heteroatoms. The fraction of sp³-hybridized carbons (Fsp3) is 0.724. The fourth-order valence-corrected chi connectivity index (χ4v) is 6.25. The van der Waals surface area contributed by atoms with Gasteiger partial charge in [0.1, 0.15) is 17.7 Å². The highest BCUT2D eigenvalue weighted by molar-refractivity contribution is 5.98. The van der Waals surface area contributed by atoms with Crippen molar-refractivity contribution in [1.82, 2.24) is 15.1 Å². The van der Waals surface area contributed by atoms with Crippen molar-refractivity contribution < 1.29 is 33.8 Å². The van der Waals surface area contributed by atoms with Gasteiger partial charge in [-0.2, -0.15) is 0 Å². The Labute approximate surface area is 231 Å². The van der Waals surface area contributed by atoms with Gasteiger partial charge in [0, 0.05) is 32.7 Å². The van der Waals surface area contributed by atoms with Gasteiger partial charge in [-0.1, -0.05) is 31.9 Å². The Hall–Kier alpha value is -2.72. The minimum Gasteiger partial charge on any atom is -0.460 e.